The molecule has 0 bridgehead atoms. The Balaban J connectivity index is 3.27. The van der Waals surface area contributed by atoms with E-state index in [1.54, 1.807) is 39.2 Å². The number of nitrogens with zero attached hydrogens (tertiary/aromatic N) is 4. The third-order valence-corrected chi connectivity index (χ3v) is 3.51. The van der Waals surface area contributed by atoms with Gasteiger partial charge in [0.05, 0.1) is 10.5 Å². The average Bonchev–Trinajstić information content (AvgIpc) is 2.52. The molecular formula is C16H24N4O4. The molecule has 1 aromatic rings. The summed E-state index contributed by atoms with van der Waals surface area (Å²) < 4.78 is 0. The average molecular weight is 336 g/mol. The highest BCUT2D eigenvalue weighted by Crippen LogP contribution is 2.25. The van der Waals surface area contributed by atoms with Gasteiger partial charge in [0.15, 0.2) is 0 Å². The topological polar surface area (TPSA) is 87.0 Å². The van der Waals surface area contributed by atoms with Gasteiger partial charge in [-0.2, -0.15) is 0 Å². The van der Waals surface area contributed by atoms with E-state index in [1.165, 1.54) is 21.9 Å². The zero-order chi connectivity index (χ0) is 18.4. The van der Waals surface area contributed by atoms with Crippen molar-refractivity contribution in [2.45, 2.75) is 13.3 Å². The fourth-order valence-corrected chi connectivity index (χ4v) is 2.20. The summed E-state index contributed by atoms with van der Waals surface area (Å²) in [6, 6.07) is 4.17. The van der Waals surface area contributed by atoms with E-state index < -0.39 is 4.92 Å². The Labute approximate surface area is 141 Å². The van der Waals surface area contributed by atoms with Crippen LogP contribution in [0.4, 0.5) is 11.4 Å². The van der Waals surface area contributed by atoms with Gasteiger partial charge in [-0.3, -0.25) is 19.7 Å². The van der Waals surface area contributed by atoms with Crippen molar-refractivity contribution in [1.82, 2.24) is 9.80 Å². The van der Waals surface area contributed by atoms with E-state index in [4.69, 9.17) is 0 Å². The van der Waals surface area contributed by atoms with Crippen LogP contribution in [0.5, 0.6) is 0 Å². The molecule has 8 nitrogen and oxygen atoms in total. The number of anilines is 1. The van der Waals surface area contributed by atoms with Crippen LogP contribution in [0.2, 0.25) is 0 Å². The predicted octanol–water partition coefficient (Wildman–Crippen LogP) is 1.60. The van der Waals surface area contributed by atoms with Crippen LogP contribution in [-0.2, 0) is 4.79 Å². The molecule has 0 saturated carbocycles. The number of hydrogen-bond donors (Lipinski definition) is 0. The molecule has 0 heterocycles. The minimum atomic E-state index is -0.536. The fraction of sp³-hybridized carbons (Fsp3) is 0.500. The van der Waals surface area contributed by atoms with Gasteiger partial charge >= 0.3 is 0 Å². The van der Waals surface area contributed by atoms with E-state index in [1.807, 2.05) is 6.92 Å². The molecule has 0 aromatic heterocycles. The molecule has 2 amide bonds. The largest absolute Gasteiger partial charge is 0.377 e. The first-order valence-electron chi connectivity index (χ1n) is 7.64. The zero-order valence-electron chi connectivity index (χ0n) is 14.8. The van der Waals surface area contributed by atoms with Gasteiger partial charge in [0.2, 0.25) is 5.91 Å². The molecule has 0 unspecified atom stereocenters. The van der Waals surface area contributed by atoms with Gasteiger partial charge in [0.25, 0.3) is 11.6 Å². The lowest BCUT2D eigenvalue weighted by atomic mass is 10.1. The number of carbonyl (C=O) groups is 2. The van der Waals surface area contributed by atoms with E-state index in [0.717, 1.165) is 0 Å². The van der Waals surface area contributed by atoms with Crippen molar-refractivity contribution in [3.8, 4) is 0 Å². The first-order chi connectivity index (χ1) is 11.2. The van der Waals surface area contributed by atoms with Crippen molar-refractivity contribution < 1.29 is 14.5 Å². The van der Waals surface area contributed by atoms with Gasteiger partial charge < -0.3 is 14.7 Å². The number of rotatable bonds is 7. The summed E-state index contributed by atoms with van der Waals surface area (Å²) >= 11 is 0. The number of nitro groups is 1. The van der Waals surface area contributed by atoms with Crippen LogP contribution in [0.3, 0.4) is 0 Å². The van der Waals surface area contributed by atoms with Gasteiger partial charge in [0.1, 0.15) is 6.54 Å². The van der Waals surface area contributed by atoms with Gasteiger partial charge in [-0.25, -0.2) is 0 Å². The SMILES string of the molecule is CCCN(CC(=O)N(C)C)C(=O)c1cc([N+](=O)[O-])ccc1N(C)C. The van der Waals surface area contributed by atoms with Crippen LogP contribution in [-0.4, -0.2) is 67.8 Å². The molecule has 1 aromatic carbocycles. The number of benzene rings is 1. The van der Waals surface area contributed by atoms with E-state index in [-0.39, 0.29) is 29.6 Å². The number of nitro benzene ring substituents is 1. The van der Waals surface area contributed by atoms with Crippen LogP contribution in [0.1, 0.15) is 23.7 Å². The lowest BCUT2D eigenvalue weighted by molar-refractivity contribution is -0.384. The van der Waals surface area contributed by atoms with Gasteiger partial charge in [-0.15, -0.1) is 0 Å². The third-order valence-electron chi connectivity index (χ3n) is 3.51. The van der Waals surface area contributed by atoms with Crippen molar-refractivity contribution in [2.75, 3.05) is 46.2 Å². The quantitative estimate of drug-likeness (QED) is 0.557. The molecule has 0 N–H and O–H groups in total. The summed E-state index contributed by atoms with van der Waals surface area (Å²) in [7, 11) is 6.76. The Morgan fingerprint density at radius 3 is 2.25 bits per heavy atom. The van der Waals surface area contributed by atoms with E-state index in [9.17, 15) is 19.7 Å². The Bertz CT molecular complexity index is 629. The number of carbonyl (C=O) groups excluding carboxylic acids is 2. The van der Waals surface area contributed by atoms with Crippen molar-refractivity contribution >= 4 is 23.2 Å². The summed E-state index contributed by atoms with van der Waals surface area (Å²) in [4.78, 5) is 39.9. The highest BCUT2D eigenvalue weighted by atomic mass is 16.6. The van der Waals surface area contributed by atoms with Gasteiger partial charge in [-0.1, -0.05) is 6.92 Å². The highest BCUT2D eigenvalue weighted by molar-refractivity contribution is 6.01. The minimum absolute atomic E-state index is 0.0603. The Morgan fingerprint density at radius 1 is 1.17 bits per heavy atom. The fourth-order valence-electron chi connectivity index (χ4n) is 2.20. The van der Waals surface area contributed by atoms with Crippen molar-refractivity contribution in [3.05, 3.63) is 33.9 Å². The Kier molecular flexibility index (Phi) is 6.69. The van der Waals surface area contributed by atoms with Crippen molar-refractivity contribution in [3.63, 3.8) is 0 Å². The van der Waals surface area contributed by atoms with Crippen LogP contribution in [0, 0.1) is 10.1 Å². The normalized spacial score (nSPS) is 10.2. The second-order valence-electron chi connectivity index (χ2n) is 5.87. The standard InChI is InChI=1S/C16H24N4O4/c1-6-9-19(11-15(21)18(4)5)16(22)13-10-12(20(23)24)7-8-14(13)17(2)3/h7-8,10H,6,9,11H2,1-5H3. The summed E-state index contributed by atoms with van der Waals surface area (Å²) in [5, 5.41) is 11.0. The molecular weight excluding hydrogens is 312 g/mol. The van der Waals surface area contributed by atoms with E-state index in [2.05, 4.69) is 0 Å². The van der Waals surface area contributed by atoms with Gasteiger partial charge in [0, 0.05) is 52.6 Å². The molecule has 0 radical (unpaired) electrons. The van der Waals surface area contributed by atoms with E-state index >= 15 is 0 Å². The maximum atomic E-state index is 12.9. The van der Waals surface area contributed by atoms with Gasteiger partial charge in [-0.05, 0) is 12.5 Å². The summed E-state index contributed by atoms with van der Waals surface area (Å²) in [5.74, 6) is -0.590. The first-order valence-corrected chi connectivity index (χ1v) is 7.64. The van der Waals surface area contributed by atoms with Crippen LogP contribution in [0.25, 0.3) is 0 Å². The maximum absolute atomic E-state index is 12.9. The van der Waals surface area contributed by atoms with Crippen molar-refractivity contribution in [2.24, 2.45) is 0 Å². The summed E-state index contributed by atoms with van der Waals surface area (Å²) in [5.41, 5.74) is 0.637. The van der Waals surface area contributed by atoms with Crippen LogP contribution < -0.4 is 4.90 Å². The molecule has 1 rings (SSSR count). The lowest BCUT2D eigenvalue weighted by Crippen LogP contribution is -2.41. The molecule has 132 valence electrons. The molecule has 0 fully saturated rings. The Hall–Kier alpha value is -2.64. The molecule has 8 heteroatoms. The molecule has 0 aliphatic carbocycles. The molecule has 24 heavy (non-hydrogen) atoms. The Morgan fingerprint density at radius 2 is 1.79 bits per heavy atom. The lowest BCUT2D eigenvalue weighted by Gasteiger charge is -2.25. The van der Waals surface area contributed by atoms with Crippen LogP contribution >= 0.6 is 0 Å². The zero-order valence-corrected chi connectivity index (χ0v) is 14.8. The van der Waals surface area contributed by atoms with Crippen molar-refractivity contribution in [1.29, 1.82) is 0 Å². The van der Waals surface area contributed by atoms with Crippen LogP contribution in [0.15, 0.2) is 18.2 Å². The third kappa shape index (κ3) is 4.68. The smallest absolute Gasteiger partial charge is 0.270 e. The second kappa shape index (κ2) is 8.28. The number of hydrogen-bond acceptors (Lipinski definition) is 5. The molecule has 0 atom stereocenters. The number of non-ortho nitro benzene ring substituents is 1. The number of amides is 2. The second-order valence-corrected chi connectivity index (χ2v) is 5.87. The molecule has 0 saturated heterocycles. The maximum Gasteiger partial charge on any atom is 0.270 e. The molecule has 0 aliphatic heterocycles. The first kappa shape index (κ1) is 19.4. The summed E-state index contributed by atoms with van der Waals surface area (Å²) in [6.45, 7) is 2.24. The molecule has 0 aliphatic rings. The van der Waals surface area contributed by atoms with E-state index in [0.29, 0.717) is 18.7 Å². The predicted molar refractivity (Wildman–Crippen MR) is 92.3 cm³/mol. The highest BCUT2D eigenvalue weighted by Gasteiger charge is 2.24. The minimum Gasteiger partial charge on any atom is -0.377 e. The monoisotopic (exact) mass is 336 g/mol. The summed E-state index contributed by atoms with van der Waals surface area (Å²) in [6.07, 6.45) is 0.679. The molecule has 0 spiro atoms. The number of likely N-dealkylation sites (N-methyl/N-ethyl adjacent to an activating group) is 1.